The Labute approximate surface area is 613 Å². The molecule has 0 bridgehead atoms. The number of carboxylic acid groups (broad SMARTS) is 1. The van der Waals surface area contributed by atoms with Gasteiger partial charge in [-0.1, -0.05) is 87.8 Å². The highest BCUT2D eigenvalue weighted by molar-refractivity contribution is 6.00. The smallest absolute Gasteiger partial charge is 0.326 e. The molecule has 14 atom stereocenters. The molecule has 0 saturated carbocycles. The van der Waals surface area contributed by atoms with Crippen LogP contribution in [-0.4, -0.2) is 203 Å². The summed E-state index contributed by atoms with van der Waals surface area (Å²) in [5.41, 5.74) is 29.6. The lowest BCUT2D eigenvalue weighted by Gasteiger charge is -2.30. The normalized spacial score (nSPS) is 15.5. The lowest BCUT2D eigenvalue weighted by molar-refractivity contribution is -0.143. The lowest BCUT2D eigenvalue weighted by atomic mass is 9.98. The molecule has 12 amide bonds. The van der Waals surface area contributed by atoms with Crippen molar-refractivity contribution in [3.05, 3.63) is 29.8 Å². The quantitative estimate of drug-likeness (QED) is 0.0332. The van der Waals surface area contributed by atoms with Crippen molar-refractivity contribution in [3.8, 4) is 5.75 Å². The second kappa shape index (κ2) is 49.6. The van der Waals surface area contributed by atoms with E-state index in [1.807, 2.05) is 0 Å². The van der Waals surface area contributed by atoms with Gasteiger partial charge in [0.1, 0.15) is 78.3 Å². The lowest BCUT2D eigenvalue weighted by Crippen LogP contribution is -2.62. The van der Waals surface area contributed by atoms with Crippen molar-refractivity contribution in [1.29, 1.82) is 0 Å². The van der Waals surface area contributed by atoms with Gasteiger partial charge in [-0.15, -0.1) is 0 Å². The summed E-state index contributed by atoms with van der Waals surface area (Å²) < 4.78 is 0. The molecule has 33 heteroatoms. The van der Waals surface area contributed by atoms with Gasteiger partial charge in [0.25, 0.3) is 0 Å². The molecule has 1 rings (SSSR count). The van der Waals surface area contributed by atoms with Crippen LogP contribution in [0, 0.1) is 29.6 Å². The first kappa shape index (κ1) is 93.9. The zero-order valence-electron chi connectivity index (χ0n) is 63.5. The third kappa shape index (κ3) is 36.1. The number of aliphatic hydroxyl groups is 1. The SMILES string of the molecule is CC(C)C[C@H](NC(=O)[C@H](CC(C)C)NC(=O)[C@H](CCCCN)NC(=O)[C@H](CCCCN)NC(=O)[C@H](CCCCN)NC(=O)[C@@H](N)CCCCN)C(=O)N[C@@H](C)C(=O)N[C@@H](C)C(=O)N[C@H](C(=O)N[C@@H](Cc1ccc(O)cc1)C(=O)N[C@H](C(=O)N[C@@H](CC(C)C)C(=O)N[C@H](C(=O)O)C(C)C)C(C)C)[C@@H](C)O. The van der Waals surface area contributed by atoms with Crippen LogP contribution in [0.15, 0.2) is 24.3 Å². The van der Waals surface area contributed by atoms with E-state index in [2.05, 4.69) is 63.8 Å². The standard InChI is InChI=1S/C71H127N17O16/c1-38(2)34-52(83-66(98)53(35-39(3)4)82-64(96)51(25-17-21-33-75)81-63(95)50(24-16-20-32-74)80-62(94)49(23-15-19-31-73)79-61(93)48(76)22-14-18-30-72)65(97)78-43(11)59(91)77-44(12)60(92)88-58(45(13)89)70(102)85-55(37-46-26-28-47(90)29-27-46)68(100)86-56(41(7)8)69(101)84-54(36-40(5)6)67(99)87-57(42(9)10)71(103)104/h26-29,38-45,48-58,89-90H,14-25,30-37,72-76H2,1-13H3,(H,77,91)(H,78,97)(H,79,93)(H,80,94)(H,81,95)(H,82,96)(H,83,98)(H,84,101)(H,85,102)(H,86,100)(H,87,99)(H,88,92)(H,103,104)/t43-,44-,45+,48-,49-,50-,51-,52-,53-,54-,55-,56-,57-,58-/m0/s1. The molecule has 0 heterocycles. The van der Waals surface area contributed by atoms with Crippen molar-refractivity contribution < 1.29 is 77.6 Å². The molecule has 33 nitrogen and oxygen atoms in total. The number of nitrogens with two attached hydrogens (primary N) is 5. The fourth-order valence-corrected chi connectivity index (χ4v) is 11.0. The second-order valence-electron chi connectivity index (χ2n) is 28.9. The fraction of sp³-hybridized carbons (Fsp3) is 0.732. The second-order valence-corrected chi connectivity index (χ2v) is 28.9. The van der Waals surface area contributed by atoms with E-state index in [-0.39, 0.29) is 75.0 Å². The van der Waals surface area contributed by atoms with Crippen LogP contribution >= 0.6 is 0 Å². The third-order valence-electron chi connectivity index (χ3n) is 17.1. The van der Waals surface area contributed by atoms with E-state index in [9.17, 15) is 77.6 Å². The summed E-state index contributed by atoms with van der Waals surface area (Å²) in [6, 6.07) is -11.3. The Hall–Kier alpha value is -8.11. The molecule has 1 aromatic rings. The number of carbonyl (C=O) groups is 13. The number of aliphatic carboxylic acids is 1. The molecule has 104 heavy (non-hydrogen) atoms. The Kier molecular flexibility index (Phi) is 44.8. The minimum absolute atomic E-state index is 0.0463. The van der Waals surface area contributed by atoms with E-state index in [0.29, 0.717) is 83.0 Å². The van der Waals surface area contributed by atoms with E-state index < -0.39 is 173 Å². The van der Waals surface area contributed by atoms with E-state index in [1.54, 1.807) is 69.2 Å². The number of amides is 12. The summed E-state index contributed by atoms with van der Waals surface area (Å²) in [4.78, 5) is 180. The molecule has 0 fully saturated rings. The summed E-state index contributed by atoms with van der Waals surface area (Å²) in [5, 5.41) is 62.3. The van der Waals surface area contributed by atoms with Crippen molar-refractivity contribution in [2.45, 2.75) is 277 Å². The summed E-state index contributed by atoms with van der Waals surface area (Å²) in [6.45, 7) is 22.3. The average molecular weight is 1470 g/mol. The number of aliphatic hydroxyl groups excluding tert-OH is 1. The van der Waals surface area contributed by atoms with Crippen LogP contribution in [0.3, 0.4) is 0 Å². The van der Waals surface area contributed by atoms with Crippen molar-refractivity contribution in [2.24, 2.45) is 58.3 Å². The minimum atomic E-state index is -1.77. The van der Waals surface area contributed by atoms with E-state index >= 15 is 0 Å². The summed E-state index contributed by atoms with van der Waals surface area (Å²) >= 11 is 0. The van der Waals surface area contributed by atoms with E-state index in [0.717, 1.165) is 0 Å². The number of rotatable bonds is 52. The molecule has 0 aromatic heterocycles. The number of nitrogens with one attached hydrogen (secondary N) is 12. The Balaban J connectivity index is 3.45. The highest BCUT2D eigenvalue weighted by Crippen LogP contribution is 2.17. The van der Waals surface area contributed by atoms with Gasteiger partial charge in [0.15, 0.2) is 0 Å². The maximum Gasteiger partial charge on any atom is 0.326 e. The molecule has 25 N–H and O–H groups in total. The molecular weight excluding hydrogens is 1350 g/mol. The maximum atomic E-state index is 14.4. The topological polar surface area (TPSA) is 557 Å². The van der Waals surface area contributed by atoms with Crippen LogP contribution < -0.4 is 92.5 Å². The Morgan fingerprint density at radius 2 is 0.625 bits per heavy atom. The van der Waals surface area contributed by atoms with Crippen LogP contribution in [0.4, 0.5) is 0 Å². The number of phenols is 1. The van der Waals surface area contributed by atoms with Crippen molar-refractivity contribution in [2.75, 3.05) is 26.2 Å². The van der Waals surface area contributed by atoms with E-state index in [1.165, 1.54) is 45.0 Å². The molecule has 0 unspecified atom stereocenters. The zero-order chi connectivity index (χ0) is 79.1. The van der Waals surface area contributed by atoms with Crippen molar-refractivity contribution in [1.82, 2.24) is 63.8 Å². The molecule has 1 aromatic carbocycles. The minimum Gasteiger partial charge on any atom is -0.508 e. The maximum absolute atomic E-state index is 14.4. The number of hydrogen-bond donors (Lipinski definition) is 20. The largest absolute Gasteiger partial charge is 0.508 e. The van der Waals surface area contributed by atoms with Gasteiger partial charge in [0.05, 0.1) is 12.1 Å². The molecular formula is C71H127N17O16. The first-order chi connectivity index (χ1) is 48.8. The first-order valence-corrected chi connectivity index (χ1v) is 36.7. The summed E-state index contributed by atoms with van der Waals surface area (Å²) in [7, 11) is 0. The van der Waals surface area contributed by atoms with Gasteiger partial charge < -0.3 is 108 Å². The fourth-order valence-electron chi connectivity index (χ4n) is 11.0. The number of carboxylic acids is 1. The van der Waals surface area contributed by atoms with Crippen LogP contribution in [0.2, 0.25) is 0 Å². The van der Waals surface area contributed by atoms with Gasteiger partial charge in [0, 0.05) is 6.42 Å². The number of hydrogen-bond acceptors (Lipinski definition) is 20. The number of carbonyl (C=O) groups excluding carboxylic acids is 12. The molecule has 0 spiro atoms. The summed E-state index contributed by atoms with van der Waals surface area (Å²) in [5.74, 6) is -12.8. The average Bonchev–Trinajstić information content (AvgIpc) is 0.854. The van der Waals surface area contributed by atoms with Gasteiger partial charge in [0.2, 0.25) is 70.9 Å². The first-order valence-electron chi connectivity index (χ1n) is 36.7. The van der Waals surface area contributed by atoms with Crippen LogP contribution in [0.1, 0.15) is 192 Å². The Morgan fingerprint density at radius 1 is 0.337 bits per heavy atom. The molecule has 0 aliphatic carbocycles. The number of unbranched alkanes of at least 4 members (excludes halogenated alkanes) is 4. The Bertz CT molecular complexity index is 2880. The van der Waals surface area contributed by atoms with Crippen LogP contribution in [0.25, 0.3) is 0 Å². The van der Waals surface area contributed by atoms with Crippen LogP contribution in [-0.2, 0) is 68.7 Å². The number of benzene rings is 1. The molecule has 0 aliphatic heterocycles. The molecule has 0 radical (unpaired) electrons. The zero-order valence-corrected chi connectivity index (χ0v) is 63.5. The number of phenolic OH excluding ortho intramolecular Hbond substituents is 1. The Morgan fingerprint density at radius 3 is 1.00 bits per heavy atom. The third-order valence-corrected chi connectivity index (χ3v) is 17.1. The molecule has 592 valence electrons. The van der Waals surface area contributed by atoms with Gasteiger partial charge >= 0.3 is 5.97 Å². The predicted octanol–water partition coefficient (Wildman–Crippen LogP) is -1.45. The van der Waals surface area contributed by atoms with Gasteiger partial charge in [-0.25, -0.2) is 4.79 Å². The highest BCUT2D eigenvalue weighted by Gasteiger charge is 2.38. The van der Waals surface area contributed by atoms with Crippen molar-refractivity contribution >= 4 is 76.9 Å². The van der Waals surface area contributed by atoms with Gasteiger partial charge in [-0.2, -0.15) is 0 Å². The number of aromatic hydroxyl groups is 1. The monoisotopic (exact) mass is 1470 g/mol. The highest BCUT2D eigenvalue weighted by atomic mass is 16.4. The van der Waals surface area contributed by atoms with Crippen LogP contribution in [0.5, 0.6) is 5.75 Å². The van der Waals surface area contributed by atoms with Crippen molar-refractivity contribution in [3.63, 3.8) is 0 Å². The molecule has 0 saturated heterocycles. The predicted molar refractivity (Wildman–Crippen MR) is 393 cm³/mol. The summed E-state index contributed by atoms with van der Waals surface area (Å²) in [6.07, 6.45) is 3.06. The van der Waals surface area contributed by atoms with Gasteiger partial charge in [-0.3, -0.25) is 57.5 Å². The molecule has 0 aliphatic rings. The van der Waals surface area contributed by atoms with E-state index in [4.69, 9.17) is 28.7 Å². The van der Waals surface area contributed by atoms with Gasteiger partial charge in [-0.05, 0) is 184 Å².